The maximum Gasteiger partial charge on any atom is 0.210 e. The van der Waals surface area contributed by atoms with Gasteiger partial charge in [-0.15, -0.1) is 0 Å². The Balaban J connectivity index is 1.93. The molecule has 0 spiro atoms. The number of halogens is 1. The number of imidazole rings is 1. The Bertz CT molecular complexity index is 791. The molecular weight excluding hydrogens is 267 g/mol. The first-order valence-corrected chi connectivity index (χ1v) is 6.56. The minimum atomic E-state index is -0.364. The van der Waals surface area contributed by atoms with Crippen LogP contribution in [0.25, 0.3) is 11.4 Å². The van der Waals surface area contributed by atoms with Crippen LogP contribution >= 0.6 is 0 Å². The zero-order valence-corrected chi connectivity index (χ0v) is 11.4. The van der Waals surface area contributed by atoms with Crippen molar-refractivity contribution in [1.82, 2.24) is 9.97 Å². The van der Waals surface area contributed by atoms with Crippen LogP contribution in [0.4, 0.5) is 4.39 Å². The van der Waals surface area contributed by atoms with E-state index in [0.717, 1.165) is 11.1 Å². The number of aryl methyl sites for hydroxylation is 1. The van der Waals surface area contributed by atoms with Crippen molar-refractivity contribution in [3.63, 3.8) is 0 Å². The Morgan fingerprint density at radius 1 is 1.10 bits per heavy atom. The van der Waals surface area contributed by atoms with Gasteiger partial charge in [0.1, 0.15) is 17.3 Å². The number of aromatic amines is 1. The molecule has 3 rings (SSSR count). The fourth-order valence-electron chi connectivity index (χ4n) is 2.17. The normalized spacial score (nSPS) is 10.6. The van der Waals surface area contributed by atoms with Crippen molar-refractivity contribution in [2.75, 3.05) is 0 Å². The predicted molar refractivity (Wildman–Crippen MR) is 78.6 cm³/mol. The number of rotatable bonds is 3. The lowest BCUT2D eigenvalue weighted by Gasteiger charge is -2.01. The number of nitrogens with zero attached hydrogens (tertiary/aromatic N) is 1. The summed E-state index contributed by atoms with van der Waals surface area (Å²) in [5.41, 5.74) is 2.85. The third-order valence-electron chi connectivity index (χ3n) is 3.33. The zero-order chi connectivity index (χ0) is 14.8. The van der Waals surface area contributed by atoms with E-state index in [2.05, 4.69) is 9.97 Å². The molecule has 3 aromatic rings. The fourth-order valence-corrected chi connectivity index (χ4v) is 2.17. The average molecular weight is 280 g/mol. The van der Waals surface area contributed by atoms with E-state index >= 15 is 0 Å². The van der Waals surface area contributed by atoms with Crippen molar-refractivity contribution in [3.05, 3.63) is 77.4 Å². The second-order valence-electron chi connectivity index (χ2n) is 4.80. The van der Waals surface area contributed by atoms with E-state index in [0.29, 0.717) is 17.1 Å². The van der Waals surface area contributed by atoms with Gasteiger partial charge in [0.05, 0.1) is 6.20 Å². The van der Waals surface area contributed by atoms with Gasteiger partial charge in [0, 0.05) is 11.1 Å². The first-order chi connectivity index (χ1) is 10.1. The van der Waals surface area contributed by atoms with Crippen molar-refractivity contribution in [2.24, 2.45) is 0 Å². The number of nitrogens with one attached hydrogen (secondary N) is 1. The molecule has 0 unspecified atom stereocenters. The summed E-state index contributed by atoms with van der Waals surface area (Å²) in [4.78, 5) is 19.6. The monoisotopic (exact) mass is 280 g/mol. The van der Waals surface area contributed by atoms with Crippen molar-refractivity contribution in [3.8, 4) is 11.4 Å². The second kappa shape index (κ2) is 5.32. The fraction of sp³-hybridized carbons (Fsp3) is 0.0588. The molecule has 1 aromatic heterocycles. The van der Waals surface area contributed by atoms with Gasteiger partial charge in [-0.05, 0) is 36.8 Å². The van der Waals surface area contributed by atoms with Gasteiger partial charge in [-0.1, -0.05) is 24.3 Å². The summed E-state index contributed by atoms with van der Waals surface area (Å²) in [7, 11) is 0. The Hall–Kier alpha value is -2.75. The molecule has 0 aliphatic carbocycles. The molecule has 2 aromatic carbocycles. The number of benzene rings is 2. The second-order valence-corrected chi connectivity index (χ2v) is 4.80. The zero-order valence-electron chi connectivity index (χ0n) is 11.4. The number of H-pyrrole nitrogens is 1. The van der Waals surface area contributed by atoms with E-state index in [1.54, 1.807) is 0 Å². The Kier molecular flexibility index (Phi) is 3.36. The lowest BCUT2D eigenvalue weighted by atomic mass is 10.1. The highest BCUT2D eigenvalue weighted by atomic mass is 19.1. The van der Waals surface area contributed by atoms with Crippen LogP contribution in [-0.4, -0.2) is 15.8 Å². The van der Waals surface area contributed by atoms with Crippen LogP contribution in [-0.2, 0) is 0 Å². The van der Waals surface area contributed by atoms with E-state index in [1.807, 2.05) is 31.2 Å². The molecule has 0 aliphatic heterocycles. The SMILES string of the molecule is Cc1ccccc1-c1ncc(C(=O)c2ccc(F)cc2)[nH]1. The average Bonchev–Trinajstić information content (AvgIpc) is 2.97. The summed E-state index contributed by atoms with van der Waals surface area (Å²) in [5.74, 6) is 0.0812. The van der Waals surface area contributed by atoms with Gasteiger partial charge in [-0.25, -0.2) is 9.37 Å². The number of ketones is 1. The van der Waals surface area contributed by atoms with Gasteiger partial charge in [0.2, 0.25) is 5.78 Å². The smallest absolute Gasteiger partial charge is 0.210 e. The van der Waals surface area contributed by atoms with Crippen LogP contribution in [0.15, 0.2) is 54.7 Å². The Labute approximate surface area is 121 Å². The van der Waals surface area contributed by atoms with Crippen molar-refractivity contribution < 1.29 is 9.18 Å². The largest absolute Gasteiger partial charge is 0.335 e. The topological polar surface area (TPSA) is 45.8 Å². The van der Waals surface area contributed by atoms with Gasteiger partial charge in [-0.2, -0.15) is 0 Å². The molecule has 0 aliphatic rings. The maximum atomic E-state index is 12.9. The van der Waals surface area contributed by atoms with Crippen LogP contribution in [0.5, 0.6) is 0 Å². The molecule has 4 heteroatoms. The molecule has 0 saturated heterocycles. The summed E-state index contributed by atoms with van der Waals surface area (Å²) in [6.45, 7) is 1.99. The quantitative estimate of drug-likeness (QED) is 0.742. The lowest BCUT2D eigenvalue weighted by molar-refractivity contribution is 0.103. The molecule has 0 amide bonds. The first kappa shape index (κ1) is 13.2. The van der Waals surface area contributed by atoms with Gasteiger partial charge in [0.15, 0.2) is 0 Å². The summed E-state index contributed by atoms with van der Waals surface area (Å²) >= 11 is 0. The highest BCUT2D eigenvalue weighted by molar-refractivity contribution is 6.07. The molecule has 3 nitrogen and oxygen atoms in total. The number of carbonyl (C=O) groups excluding carboxylic acids is 1. The third kappa shape index (κ3) is 2.60. The van der Waals surface area contributed by atoms with Gasteiger partial charge < -0.3 is 4.98 Å². The van der Waals surface area contributed by atoms with Crippen LogP contribution in [0.3, 0.4) is 0 Å². The minimum absolute atomic E-state index is 0.206. The Morgan fingerprint density at radius 2 is 1.81 bits per heavy atom. The van der Waals surface area contributed by atoms with E-state index in [4.69, 9.17) is 0 Å². The summed E-state index contributed by atoms with van der Waals surface area (Å²) in [6.07, 6.45) is 1.51. The van der Waals surface area contributed by atoms with Crippen LogP contribution in [0.1, 0.15) is 21.6 Å². The van der Waals surface area contributed by atoms with Crippen molar-refractivity contribution >= 4 is 5.78 Å². The molecule has 21 heavy (non-hydrogen) atoms. The van der Waals surface area contributed by atoms with Gasteiger partial charge in [0.25, 0.3) is 0 Å². The number of aromatic nitrogens is 2. The number of hydrogen-bond acceptors (Lipinski definition) is 2. The first-order valence-electron chi connectivity index (χ1n) is 6.56. The summed E-state index contributed by atoms with van der Waals surface area (Å²) < 4.78 is 12.9. The van der Waals surface area contributed by atoms with E-state index in [1.165, 1.54) is 30.5 Å². The van der Waals surface area contributed by atoms with Gasteiger partial charge in [-0.3, -0.25) is 4.79 Å². The van der Waals surface area contributed by atoms with Gasteiger partial charge >= 0.3 is 0 Å². The van der Waals surface area contributed by atoms with E-state index in [9.17, 15) is 9.18 Å². The third-order valence-corrected chi connectivity index (χ3v) is 3.33. The minimum Gasteiger partial charge on any atom is -0.335 e. The standard InChI is InChI=1S/C17H13FN2O/c1-11-4-2-3-5-14(11)17-19-10-15(20-17)16(21)12-6-8-13(18)9-7-12/h2-10H,1H3,(H,19,20). The van der Waals surface area contributed by atoms with Crippen LogP contribution in [0.2, 0.25) is 0 Å². The molecular formula is C17H13FN2O. The summed E-state index contributed by atoms with van der Waals surface area (Å²) in [6, 6.07) is 13.3. The molecule has 0 bridgehead atoms. The molecule has 0 atom stereocenters. The number of carbonyl (C=O) groups is 1. The van der Waals surface area contributed by atoms with E-state index in [-0.39, 0.29) is 11.6 Å². The van der Waals surface area contributed by atoms with E-state index < -0.39 is 0 Å². The predicted octanol–water partition coefficient (Wildman–Crippen LogP) is 3.76. The molecule has 1 N–H and O–H groups in total. The van der Waals surface area contributed by atoms with Crippen LogP contribution in [0, 0.1) is 12.7 Å². The Morgan fingerprint density at radius 3 is 2.52 bits per heavy atom. The van der Waals surface area contributed by atoms with Crippen LogP contribution < -0.4 is 0 Å². The molecule has 104 valence electrons. The molecule has 0 fully saturated rings. The maximum absolute atomic E-state index is 12.9. The van der Waals surface area contributed by atoms with Crippen molar-refractivity contribution in [2.45, 2.75) is 6.92 Å². The summed E-state index contributed by atoms with van der Waals surface area (Å²) in [5, 5.41) is 0. The highest BCUT2D eigenvalue weighted by Gasteiger charge is 2.13. The molecule has 0 radical (unpaired) electrons. The lowest BCUT2D eigenvalue weighted by Crippen LogP contribution is -2.01. The number of hydrogen-bond donors (Lipinski definition) is 1. The van der Waals surface area contributed by atoms with Crippen molar-refractivity contribution in [1.29, 1.82) is 0 Å². The molecule has 0 saturated carbocycles. The molecule has 1 heterocycles. The highest BCUT2D eigenvalue weighted by Crippen LogP contribution is 2.20.